The summed E-state index contributed by atoms with van der Waals surface area (Å²) >= 11 is 3.73. The summed E-state index contributed by atoms with van der Waals surface area (Å²) < 4.78 is 1.21. The second-order valence-corrected chi connectivity index (χ2v) is 7.14. The molecule has 2 aliphatic rings. The largest absolute Gasteiger partial charge is 0.396 e. The van der Waals surface area contributed by atoms with Gasteiger partial charge in [0.15, 0.2) is 0 Å². The number of benzene rings is 1. The van der Waals surface area contributed by atoms with Gasteiger partial charge in [-0.15, -0.1) is 0 Å². The number of halogens is 1. The monoisotopic (exact) mass is 352 g/mol. The number of hydrogen-bond donors (Lipinski definition) is 2. The van der Waals surface area contributed by atoms with Gasteiger partial charge in [0.2, 0.25) is 0 Å². The predicted octanol–water partition coefficient (Wildman–Crippen LogP) is 3.44. The molecule has 1 aliphatic carbocycles. The Morgan fingerprint density at radius 2 is 2.14 bits per heavy atom. The molecule has 4 heteroatoms. The molecule has 0 aromatic heterocycles. The van der Waals surface area contributed by atoms with Crippen LogP contribution < -0.4 is 10.2 Å². The van der Waals surface area contributed by atoms with Crippen LogP contribution in [-0.4, -0.2) is 30.3 Å². The summed E-state index contributed by atoms with van der Waals surface area (Å²) in [5, 5.41) is 12.6. The van der Waals surface area contributed by atoms with Crippen molar-refractivity contribution in [2.75, 3.05) is 18.1 Å². The molecule has 1 aliphatic heterocycles. The molecule has 0 spiro atoms. The lowest BCUT2D eigenvalue weighted by atomic mass is 10.1. The lowest BCUT2D eigenvalue weighted by Crippen LogP contribution is -2.29. The molecule has 1 unspecified atom stereocenters. The highest BCUT2D eigenvalue weighted by Gasteiger charge is 2.25. The van der Waals surface area contributed by atoms with E-state index in [1.807, 2.05) is 0 Å². The third-order valence-corrected chi connectivity index (χ3v) is 5.34. The lowest BCUT2D eigenvalue weighted by Gasteiger charge is -2.27. The lowest BCUT2D eigenvalue weighted by molar-refractivity contribution is 0.279. The quantitative estimate of drug-likeness (QED) is 0.788. The Kier molecular flexibility index (Phi) is 5.19. The maximum absolute atomic E-state index is 9.04. The highest BCUT2D eigenvalue weighted by atomic mass is 79.9. The van der Waals surface area contributed by atoms with Crippen LogP contribution in [0.4, 0.5) is 5.69 Å². The molecule has 116 valence electrons. The van der Waals surface area contributed by atoms with Crippen LogP contribution >= 0.6 is 15.9 Å². The standard InChI is InChI=1S/C17H25BrN2O/c18-17-11-16(8-5-13(17)12-19-14-6-7-14)20-9-1-3-15(20)4-2-10-21/h5,8,11,14-15,19,21H,1-4,6-7,9-10,12H2. The second kappa shape index (κ2) is 7.12. The van der Waals surface area contributed by atoms with Crippen LogP contribution in [-0.2, 0) is 6.54 Å². The zero-order chi connectivity index (χ0) is 14.7. The molecule has 0 radical (unpaired) electrons. The molecule has 3 rings (SSSR count). The van der Waals surface area contributed by atoms with E-state index in [4.69, 9.17) is 5.11 Å². The Morgan fingerprint density at radius 3 is 2.86 bits per heavy atom. The van der Waals surface area contributed by atoms with Crippen LogP contribution in [0.1, 0.15) is 44.1 Å². The van der Waals surface area contributed by atoms with E-state index in [1.54, 1.807) is 0 Å². The Bertz CT molecular complexity index is 476. The van der Waals surface area contributed by atoms with Crippen molar-refractivity contribution in [3.05, 3.63) is 28.2 Å². The van der Waals surface area contributed by atoms with Gasteiger partial charge in [0, 0.05) is 41.9 Å². The van der Waals surface area contributed by atoms with Gasteiger partial charge < -0.3 is 15.3 Å². The molecule has 3 nitrogen and oxygen atoms in total. The number of nitrogens with zero attached hydrogens (tertiary/aromatic N) is 1. The minimum absolute atomic E-state index is 0.305. The van der Waals surface area contributed by atoms with Crippen LogP contribution in [0.3, 0.4) is 0 Å². The van der Waals surface area contributed by atoms with Gasteiger partial charge >= 0.3 is 0 Å². The Hall–Kier alpha value is -0.580. The summed E-state index contributed by atoms with van der Waals surface area (Å²) in [5.74, 6) is 0. The highest BCUT2D eigenvalue weighted by molar-refractivity contribution is 9.10. The van der Waals surface area contributed by atoms with E-state index in [9.17, 15) is 0 Å². The molecule has 0 amide bonds. The zero-order valence-corrected chi connectivity index (χ0v) is 14.1. The summed E-state index contributed by atoms with van der Waals surface area (Å²) in [6.45, 7) is 2.40. The molecular formula is C17H25BrN2O. The van der Waals surface area contributed by atoms with Gasteiger partial charge in [-0.3, -0.25) is 0 Å². The number of hydrogen-bond acceptors (Lipinski definition) is 3. The smallest absolute Gasteiger partial charge is 0.0431 e. The first-order chi connectivity index (χ1) is 10.3. The Morgan fingerprint density at radius 1 is 1.29 bits per heavy atom. The van der Waals surface area contributed by atoms with Crippen LogP contribution in [0.2, 0.25) is 0 Å². The minimum Gasteiger partial charge on any atom is -0.396 e. The first-order valence-electron chi connectivity index (χ1n) is 8.17. The van der Waals surface area contributed by atoms with E-state index in [0.717, 1.165) is 32.0 Å². The minimum atomic E-state index is 0.305. The van der Waals surface area contributed by atoms with Crippen molar-refractivity contribution in [2.24, 2.45) is 0 Å². The summed E-state index contributed by atoms with van der Waals surface area (Å²) in [7, 11) is 0. The van der Waals surface area contributed by atoms with Gasteiger partial charge in [-0.25, -0.2) is 0 Å². The van der Waals surface area contributed by atoms with E-state index in [2.05, 4.69) is 44.3 Å². The van der Waals surface area contributed by atoms with Gasteiger partial charge in [-0.05, 0) is 56.2 Å². The normalized spacial score (nSPS) is 22.0. The van der Waals surface area contributed by atoms with Crippen molar-refractivity contribution in [1.82, 2.24) is 5.32 Å². The SMILES string of the molecule is OCCCC1CCCN1c1ccc(CNC2CC2)c(Br)c1. The van der Waals surface area contributed by atoms with E-state index >= 15 is 0 Å². The number of aliphatic hydroxyl groups excluding tert-OH is 1. The fourth-order valence-electron chi connectivity index (χ4n) is 3.20. The fourth-order valence-corrected chi connectivity index (χ4v) is 3.71. The molecule has 1 atom stereocenters. The van der Waals surface area contributed by atoms with Crippen molar-refractivity contribution < 1.29 is 5.11 Å². The second-order valence-electron chi connectivity index (χ2n) is 6.29. The van der Waals surface area contributed by atoms with Crippen molar-refractivity contribution in [3.63, 3.8) is 0 Å². The van der Waals surface area contributed by atoms with Gasteiger partial charge in [0.25, 0.3) is 0 Å². The van der Waals surface area contributed by atoms with Crippen LogP contribution in [0, 0.1) is 0 Å². The summed E-state index contributed by atoms with van der Waals surface area (Å²) in [6, 6.07) is 8.11. The van der Waals surface area contributed by atoms with Crippen LogP contribution in [0.5, 0.6) is 0 Å². The van der Waals surface area contributed by atoms with Crippen LogP contribution in [0.15, 0.2) is 22.7 Å². The molecule has 21 heavy (non-hydrogen) atoms. The molecule has 1 aromatic rings. The Labute approximate surface area is 135 Å². The summed E-state index contributed by atoms with van der Waals surface area (Å²) in [5.41, 5.74) is 2.66. The molecule has 1 saturated carbocycles. The molecular weight excluding hydrogens is 328 g/mol. The van der Waals surface area contributed by atoms with E-state index in [-0.39, 0.29) is 0 Å². The van der Waals surface area contributed by atoms with Crippen molar-refractivity contribution in [2.45, 2.75) is 57.2 Å². The van der Waals surface area contributed by atoms with Crippen molar-refractivity contribution in [3.8, 4) is 0 Å². The maximum Gasteiger partial charge on any atom is 0.0431 e. The number of rotatable bonds is 7. The molecule has 0 bridgehead atoms. The van der Waals surface area contributed by atoms with Crippen LogP contribution in [0.25, 0.3) is 0 Å². The molecule has 2 N–H and O–H groups in total. The van der Waals surface area contributed by atoms with Gasteiger partial charge in [0.05, 0.1) is 0 Å². The first kappa shape index (κ1) is 15.3. The number of anilines is 1. The third-order valence-electron chi connectivity index (χ3n) is 4.60. The fraction of sp³-hybridized carbons (Fsp3) is 0.647. The molecule has 1 aromatic carbocycles. The number of nitrogens with one attached hydrogen (secondary N) is 1. The predicted molar refractivity (Wildman–Crippen MR) is 90.7 cm³/mol. The zero-order valence-electron chi connectivity index (χ0n) is 12.5. The molecule has 1 saturated heterocycles. The van der Waals surface area contributed by atoms with E-state index in [1.165, 1.54) is 41.4 Å². The average molecular weight is 353 g/mol. The molecule has 2 fully saturated rings. The first-order valence-corrected chi connectivity index (χ1v) is 8.96. The topological polar surface area (TPSA) is 35.5 Å². The highest BCUT2D eigenvalue weighted by Crippen LogP contribution is 2.31. The average Bonchev–Trinajstić information content (AvgIpc) is 3.20. The number of aliphatic hydroxyl groups is 1. The van der Waals surface area contributed by atoms with Gasteiger partial charge in [-0.2, -0.15) is 0 Å². The Balaban J connectivity index is 1.65. The summed E-state index contributed by atoms with van der Waals surface area (Å²) in [4.78, 5) is 2.51. The van der Waals surface area contributed by atoms with Gasteiger partial charge in [0.1, 0.15) is 0 Å². The van der Waals surface area contributed by atoms with E-state index in [0.29, 0.717) is 12.6 Å². The molecule has 1 heterocycles. The summed E-state index contributed by atoms with van der Waals surface area (Å²) in [6.07, 6.45) is 7.18. The van der Waals surface area contributed by atoms with Gasteiger partial charge in [-0.1, -0.05) is 22.0 Å². The third kappa shape index (κ3) is 3.99. The van der Waals surface area contributed by atoms with Crippen molar-refractivity contribution in [1.29, 1.82) is 0 Å². The van der Waals surface area contributed by atoms with Crippen molar-refractivity contribution >= 4 is 21.6 Å². The maximum atomic E-state index is 9.04. The van der Waals surface area contributed by atoms with E-state index < -0.39 is 0 Å².